The van der Waals surface area contributed by atoms with Gasteiger partial charge in [-0.25, -0.2) is 0 Å². The summed E-state index contributed by atoms with van der Waals surface area (Å²) < 4.78 is 5.67. The van der Waals surface area contributed by atoms with E-state index in [-0.39, 0.29) is 5.91 Å². The van der Waals surface area contributed by atoms with Crippen molar-refractivity contribution in [2.45, 2.75) is 46.6 Å². The van der Waals surface area contributed by atoms with Gasteiger partial charge < -0.3 is 15.4 Å². The van der Waals surface area contributed by atoms with Gasteiger partial charge >= 0.3 is 0 Å². The number of aryl methyl sites for hydroxylation is 1. The smallest absolute Gasteiger partial charge is 0.220 e. The number of amides is 1. The van der Waals surface area contributed by atoms with Crippen molar-refractivity contribution in [1.82, 2.24) is 10.6 Å². The van der Waals surface area contributed by atoms with E-state index in [1.165, 1.54) is 18.4 Å². The minimum absolute atomic E-state index is 0.131. The van der Waals surface area contributed by atoms with E-state index in [1.807, 2.05) is 26.0 Å². The van der Waals surface area contributed by atoms with Crippen LogP contribution in [0, 0.1) is 18.8 Å². The van der Waals surface area contributed by atoms with Gasteiger partial charge in [0, 0.05) is 18.5 Å². The lowest BCUT2D eigenvalue weighted by atomic mass is 9.85. The second-order valence-electron chi connectivity index (χ2n) is 6.61. The summed E-state index contributed by atoms with van der Waals surface area (Å²) in [4.78, 5) is 12.2. The highest BCUT2D eigenvalue weighted by atomic mass is 16.5. The summed E-state index contributed by atoms with van der Waals surface area (Å²) in [7, 11) is 0. The zero-order valence-corrected chi connectivity index (χ0v) is 14.7. The Morgan fingerprint density at radius 3 is 3.00 bits per heavy atom. The number of rotatable bonds is 7. The molecule has 1 heterocycles. The first-order chi connectivity index (χ1) is 11.1. The van der Waals surface area contributed by atoms with Crippen LogP contribution in [-0.2, 0) is 11.3 Å². The van der Waals surface area contributed by atoms with Crippen molar-refractivity contribution in [3.63, 3.8) is 0 Å². The van der Waals surface area contributed by atoms with Gasteiger partial charge in [-0.1, -0.05) is 19.1 Å². The average molecular weight is 318 g/mol. The van der Waals surface area contributed by atoms with E-state index in [9.17, 15) is 4.79 Å². The maximum Gasteiger partial charge on any atom is 0.220 e. The fourth-order valence-electron chi connectivity index (χ4n) is 3.19. The Morgan fingerprint density at radius 2 is 2.30 bits per heavy atom. The molecule has 1 aliphatic heterocycles. The van der Waals surface area contributed by atoms with Gasteiger partial charge in [0.05, 0.1) is 6.61 Å². The molecule has 4 heteroatoms. The van der Waals surface area contributed by atoms with Crippen LogP contribution in [0.3, 0.4) is 0 Å². The second-order valence-corrected chi connectivity index (χ2v) is 6.61. The molecule has 0 bridgehead atoms. The topological polar surface area (TPSA) is 50.4 Å². The molecular formula is C19H30N2O2. The zero-order chi connectivity index (χ0) is 16.7. The van der Waals surface area contributed by atoms with Gasteiger partial charge in [0.2, 0.25) is 5.91 Å². The van der Waals surface area contributed by atoms with Gasteiger partial charge in [0.25, 0.3) is 0 Å². The molecule has 1 aliphatic rings. The molecule has 4 nitrogen and oxygen atoms in total. The summed E-state index contributed by atoms with van der Waals surface area (Å²) in [5.41, 5.74) is 2.21. The van der Waals surface area contributed by atoms with Crippen LogP contribution in [0.4, 0.5) is 0 Å². The van der Waals surface area contributed by atoms with Gasteiger partial charge in [-0.2, -0.15) is 0 Å². The fraction of sp³-hybridized carbons (Fsp3) is 0.632. The molecule has 1 fully saturated rings. The summed E-state index contributed by atoms with van der Waals surface area (Å²) in [6.07, 6.45) is 3.05. The zero-order valence-electron chi connectivity index (χ0n) is 14.7. The fourth-order valence-corrected chi connectivity index (χ4v) is 3.19. The van der Waals surface area contributed by atoms with E-state index < -0.39 is 0 Å². The molecule has 0 spiro atoms. The SMILES string of the molecule is CCOc1cc(C)ccc1CNC(=O)CC(C)C1CCCNC1. The largest absolute Gasteiger partial charge is 0.494 e. The summed E-state index contributed by atoms with van der Waals surface area (Å²) in [5.74, 6) is 2.04. The Kier molecular flexibility index (Phi) is 6.90. The quantitative estimate of drug-likeness (QED) is 0.812. The molecular weight excluding hydrogens is 288 g/mol. The summed E-state index contributed by atoms with van der Waals surface area (Å²) >= 11 is 0. The van der Waals surface area contributed by atoms with Crippen molar-refractivity contribution in [2.75, 3.05) is 19.7 Å². The first-order valence-electron chi connectivity index (χ1n) is 8.80. The Balaban J connectivity index is 1.84. The summed E-state index contributed by atoms with van der Waals surface area (Å²) in [5, 5.41) is 6.47. The van der Waals surface area contributed by atoms with Crippen molar-refractivity contribution in [1.29, 1.82) is 0 Å². The third kappa shape index (κ3) is 5.54. The van der Waals surface area contributed by atoms with Crippen LogP contribution in [0.1, 0.15) is 44.2 Å². The number of nitrogens with one attached hydrogen (secondary N) is 2. The number of carbonyl (C=O) groups excluding carboxylic acids is 1. The number of piperidine rings is 1. The monoisotopic (exact) mass is 318 g/mol. The average Bonchev–Trinajstić information content (AvgIpc) is 2.55. The highest BCUT2D eigenvalue weighted by Crippen LogP contribution is 2.23. The van der Waals surface area contributed by atoms with Crippen LogP contribution < -0.4 is 15.4 Å². The number of ether oxygens (including phenoxy) is 1. The van der Waals surface area contributed by atoms with Crippen LogP contribution in [0.15, 0.2) is 18.2 Å². The van der Waals surface area contributed by atoms with Crippen molar-refractivity contribution >= 4 is 5.91 Å². The molecule has 0 aromatic heterocycles. The van der Waals surface area contributed by atoms with E-state index in [4.69, 9.17) is 4.74 Å². The molecule has 0 saturated carbocycles. The van der Waals surface area contributed by atoms with Gasteiger partial charge in [-0.15, -0.1) is 0 Å². The van der Waals surface area contributed by atoms with Crippen molar-refractivity contribution < 1.29 is 9.53 Å². The number of carbonyl (C=O) groups is 1. The molecule has 2 unspecified atom stereocenters. The van der Waals surface area contributed by atoms with E-state index in [0.29, 0.717) is 31.4 Å². The molecule has 0 radical (unpaired) electrons. The lowest BCUT2D eigenvalue weighted by Crippen LogP contribution is -2.35. The third-order valence-electron chi connectivity index (χ3n) is 4.65. The molecule has 1 aromatic carbocycles. The highest BCUT2D eigenvalue weighted by Gasteiger charge is 2.22. The number of hydrogen-bond donors (Lipinski definition) is 2. The summed E-state index contributed by atoms with van der Waals surface area (Å²) in [6.45, 7) is 9.54. The molecule has 2 rings (SSSR count). The van der Waals surface area contributed by atoms with E-state index in [0.717, 1.165) is 24.4 Å². The number of benzene rings is 1. The molecule has 0 aliphatic carbocycles. The van der Waals surface area contributed by atoms with Gasteiger partial charge in [0.1, 0.15) is 5.75 Å². The molecule has 128 valence electrons. The van der Waals surface area contributed by atoms with Crippen LogP contribution in [0.5, 0.6) is 5.75 Å². The van der Waals surface area contributed by atoms with Crippen LogP contribution >= 0.6 is 0 Å². The lowest BCUT2D eigenvalue weighted by Gasteiger charge is -2.28. The maximum absolute atomic E-state index is 12.2. The van der Waals surface area contributed by atoms with E-state index in [1.54, 1.807) is 0 Å². The predicted octanol–water partition coefficient (Wildman–Crippen LogP) is 3.04. The van der Waals surface area contributed by atoms with Crippen molar-refractivity contribution in [3.05, 3.63) is 29.3 Å². The minimum Gasteiger partial charge on any atom is -0.494 e. The van der Waals surface area contributed by atoms with Crippen LogP contribution in [0.2, 0.25) is 0 Å². The first-order valence-corrected chi connectivity index (χ1v) is 8.80. The second kappa shape index (κ2) is 8.92. The number of hydrogen-bond acceptors (Lipinski definition) is 3. The highest BCUT2D eigenvalue weighted by molar-refractivity contribution is 5.76. The normalized spacial score (nSPS) is 19.2. The van der Waals surface area contributed by atoms with Crippen LogP contribution in [-0.4, -0.2) is 25.6 Å². The predicted molar refractivity (Wildman–Crippen MR) is 93.6 cm³/mol. The minimum atomic E-state index is 0.131. The van der Waals surface area contributed by atoms with Gasteiger partial charge in [0.15, 0.2) is 0 Å². The van der Waals surface area contributed by atoms with E-state index in [2.05, 4.69) is 23.6 Å². The van der Waals surface area contributed by atoms with Gasteiger partial charge in [-0.05, 0) is 63.2 Å². The Hall–Kier alpha value is -1.55. The molecule has 1 aromatic rings. The first kappa shape index (κ1) is 17.8. The molecule has 1 saturated heterocycles. The van der Waals surface area contributed by atoms with Crippen LogP contribution in [0.25, 0.3) is 0 Å². The Morgan fingerprint density at radius 1 is 1.48 bits per heavy atom. The summed E-state index contributed by atoms with van der Waals surface area (Å²) in [6, 6.07) is 6.12. The molecule has 1 amide bonds. The van der Waals surface area contributed by atoms with Crippen molar-refractivity contribution in [3.8, 4) is 5.75 Å². The molecule has 23 heavy (non-hydrogen) atoms. The molecule has 2 N–H and O–H groups in total. The lowest BCUT2D eigenvalue weighted by molar-refractivity contribution is -0.122. The molecule has 2 atom stereocenters. The van der Waals surface area contributed by atoms with Crippen molar-refractivity contribution in [2.24, 2.45) is 11.8 Å². The Labute approximate surface area is 140 Å². The standard InChI is InChI=1S/C19H30N2O2/c1-4-23-18-10-14(2)7-8-17(18)13-21-19(22)11-15(3)16-6-5-9-20-12-16/h7-8,10,15-16,20H,4-6,9,11-13H2,1-3H3,(H,21,22). The third-order valence-corrected chi connectivity index (χ3v) is 4.65. The van der Waals surface area contributed by atoms with Gasteiger partial charge in [-0.3, -0.25) is 4.79 Å². The van der Waals surface area contributed by atoms with E-state index >= 15 is 0 Å². The maximum atomic E-state index is 12.2. The Bertz CT molecular complexity index is 510.